The second-order valence-corrected chi connectivity index (χ2v) is 4.86. The molecule has 0 amide bonds. The van der Waals surface area contributed by atoms with E-state index >= 15 is 0 Å². The Hall–Kier alpha value is -2.88. The number of benzene rings is 1. The second-order valence-electron chi connectivity index (χ2n) is 4.86. The van der Waals surface area contributed by atoms with Crippen LogP contribution in [0.5, 0.6) is 0 Å². The minimum Gasteiger partial charge on any atom is -0.309 e. The summed E-state index contributed by atoms with van der Waals surface area (Å²) in [6, 6.07) is 9.67. The van der Waals surface area contributed by atoms with Crippen LogP contribution in [-0.4, -0.2) is 20.9 Å². The molecule has 0 unspecified atom stereocenters. The first kappa shape index (κ1) is 13.1. The van der Waals surface area contributed by atoms with Crippen molar-refractivity contribution in [3.8, 4) is 6.07 Å². The summed E-state index contributed by atoms with van der Waals surface area (Å²) >= 11 is 0. The molecule has 0 radical (unpaired) electrons. The molecule has 7 heteroatoms. The Bertz CT molecular complexity index is 842. The first-order chi connectivity index (χ1) is 10.1. The normalized spacial score (nSPS) is 13.0. The van der Waals surface area contributed by atoms with Crippen LogP contribution in [0.15, 0.2) is 33.9 Å². The van der Waals surface area contributed by atoms with Gasteiger partial charge in [-0.2, -0.15) is 5.26 Å². The van der Waals surface area contributed by atoms with Crippen LogP contribution in [0.25, 0.3) is 0 Å². The number of nitriles is 1. The number of aromatic nitrogens is 3. The van der Waals surface area contributed by atoms with Gasteiger partial charge >= 0.3 is 11.1 Å². The molecule has 3 rings (SSSR count). The van der Waals surface area contributed by atoms with Gasteiger partial charge in [-0.05, 0) is 19.1 Å². The highest BCUT2D eigenvalue weighted by Crippen LogP contribution is 2.26. The van der Waals surface area contributed by atoms with E-state index in [0.717, 1.165) is 15.9 Å². The SMILES string of the molecule is Cc1ccc(N2CCn3c2nn(CC#N)c(=O)c3=O)cc1. The van der Waals surface area contributed by atoms with Crippen molar-refractivity contribution in [1.29, 1.82) is 5.26 Å². The molecule has 0 atom stereocenters. The van der Waals surface area contributed by atoms with Gasteiger partial charge in [0.2, 0.25) is 5.95 Å². The number of fused-ring (bicyclic) bond motifs is 1. The van der Waals surface area contributed by atoms with Crippen LogP contribution in [0.2, 0.25) is 0 Å². The van der Waals surface area contributed by atoms with Gasteiger partial charge in [0.1, 0.15) is 6.54 Å². The fourth-order valence-electron chi connectivity index (χ4n) is 2.37. The monoisotopic (exact) mass is 283 g/mol. The molecule has 0 saturated heterocycles. The number of nitrogens with zero attached hydrogens (tertiary/aromatic N) is 5. The van der Waals surface area contributed by atoms with E-state index in [1.807, 2.05) is 42.2 Å². The van der Waals surface area contributed by atoms with Crippen molar-refractivity contribution in [1.82, 2.24) is 14.3 Å². The van der Waals surface area contributed by atoms with Crippen molar-refractivity contribution < 1.29 is 0 Å². The van der Waals surface area contributed by atoms with E-state index in [0.29, 0.717) is 19.0 Å². The lowest BCUT2D eigenvalue weighted by Gasteiger charge is -2.17. The molecule has 7 nitrogen and oxygen atoms in total. The molecule has 1 aliphatic rings. The Morgan fingerprint density at radius 2 is 1.90 bits per heavy atom. The average molecular weight is 283 g/mol. The standard InChI is InChI=1S/C14H13N5O2/c1-10-2-4-11(5-3-10)17-8-9-18-12(20)13(21)19(7-6-15)16-14(17)18/h2-5H,7-9H2,1H3. The van der Waals surface area contributed by atoms with E-state index in [9.17, 15) is 9.59 Å². The number of aryl methyl sites for hydroxylation is 1. The number of hydrogen-bond acceptors (Lipinski definition) is 5. The fraction of sp³-hybridized carbons (Fsp3) is 0.286. The van der Waals surface area contributed by atoms with Crippen LogP contribution in [0, 0.1) is 18.3 Å². The van der Waals surface area contributed by atoms with Crippen molar-refractivity contribution >= 4 is 11.6 Å². The third-order valence-electron chi connectivity index (χ3n) is 3.47. The van der Waals surface area contributed by atoms with E-state index in [1.54, 1.807) is 0 Å². The van der Waals surface area contributed by atoms with Crippen molar-refractivity contribution in [2.24, 2.45) is 0 Å². The van der Waals surface area contributed by atoms with Crippen LogP contribution in [0.1, 0.15) is 5.56 Å². The molecule has 1 aliphatic heterocycles. The van der Waals surface area contributed by atoms with E-state index in [2.05, 4.69) is 5.10 Å². The number of hydrogen-bond donors (Lipinski definition) is 0. The smallest absolute Gasteiger partial charge is 0.309 e. The lowest BCUT2D eigenvalue weighted by atomic mass is 10.2. The van der Waals surface area contributed by atoms with Gasteiger partial charge in [0.25, 0.3) is 0 Å². The summed E-state index contributed by atoms with van der Waals surface area (Å²) in [5.74, 6) is 0.402. The summed E-state index contributed by atoms with van der Waals surface area (Å²) in [6.07, 6.45) is 0. The van der Waals surface area contributed by atoms with Gasteiger partial charge in [-0.3, -0.25) is 14.2 Å². The van der Waals surface area contributed by atoms with Crippen molar-refractivity contribution in [2.75, 3.05) is 11.4 Å². The summed E-state index contributed by atoms with van der Waals surface area (Å²) in [6.45, 7) is 2.75. The van der Waals surface area contributed by atoms with Crippen LogP contribution in [-0.2, 0) is 13.1 Å². The first-order valence-corrected chi connectivity index (χ1v) is 6.55. The Balaban J connectivity index is 2.14. The predicted octanol–water partition coefficient (Wildman–Crippen LogP) is 0.389. The largest absolute Gasteiger partial charge is 0.333 e. The lowest BCUT2D eigenvalue weighted by molar-refractivity contribution is 0.604. The highest BCUT2D eigenvalue weighted by Gasteiger charge is 2.25. The summed E-state index contributed by atoms with van der Waals surface area (Å²) in [5, 5.41) is 12.9. The summed E-state index contributed by atoms with van der Waals surface area (Å²) in [4.78, 5) is 25.7. The molecule has 106 valence electrons. The zero-order valence-electron chi connectivity index (χ0n) is 11.5. The molecule has 0 N–H and O–H groups in total. The van der Waals surface area contributed by atoms with E-state index < -0.39 is 11.1 Å². The Morgan fingerprint density at radius 1 is 1.19 bits per heavy atom. The van der Waals surface area contributed by atoms with Crippen LogP contribution < -0.4 is 16.0 Å². The highest BCUT2D eigenvalue weighted by atomic mass is 16.2. The van der Waals surface area contributed by atoms with Crippen molar-refractivity contribution in [3.05, 3.63) is 50.5 Å². The molecule has 1 aromatic heterocycles. The molecule has 2 aromatic rings. The number of anilines is 2. The second kappa shape index (κ2) is 4.90. The van der Waals surface area contributed by atoms with Gasteiger partial charge in [-0.1, -0.05) is 17.7 Å². The lowest BCUT2D eigenvalue weighted by Crippen LogP contribution is -2.42. The van der Waals surface area contributed by atoms with Gasteiger partial charge in [-0.15, -0.1) is 5.10 Å². The molecule has 0 fully saturated rings. The third-order valence-corrected chi connectivity index (χ3v) is 3.47. The van der Waals surface area contributed by atoms with Crippen LogP contribution in [0.4, 0.5) is 11.6 Å². The Kier molecular flexibility index (Phi) is 3.06. The summed E-state index contributed by atoms with van der Waals surface area (Å²) in [7, 11) is 0. The zero-order valence-corrected chi connectivity index (χ0v) is 11.5. The summed E-state index contributed by atoms with van der Waals surface area (Å²) < 4.78 is 2.27. The van der Waals surface area contributed by atoms with Gasteiger partial charge in [0.05, 0.1) is 6.07 Å². The minimum absolute atomic E-state index is 0.232. The average Bonchev–Trinajstić information content (AvgIpc) is 2.89. The molecular formula is C14H13N5O2. The van der Waals surface area contributed by atoms with Gasteiger partial charge in [-0.25, -0.2) is 4.68 Å². The molecule has 0 aliphatic carbocycles. The molecule has 0 saturated carbocycles. The first-order valence-electron chi connectivity index (χ1n) is 6.55. The van der Waals surface area contributed by atoms with Crippen LogP contribution in [0.3, 0.4) is 0 Å². The van der Waals surface area contributed by atoms with Gasteiger partial charge in [0.15, 0.2) is 0 Å². The van der Waals surface area contributed by atoms with E-state index in [4.69, 9.17) is 5.26 Å². The maximum absolute atomic E-state index is 12.0. The zero-order chi connectivity index (χ0) is 15.0. The summed E-state index contributed by atoms with van der Waals surface area (Å²) in [5.41, 5.74) is 0.648. The third kappa shape index (κ3) is 2.10. The molecule has 2 heterocycles. The van der Waals surface area contributed by atoms with Gasteiger partial charge in [0, 0.05) is 18.8 Å². The fourth-order valence-corrected chi connectivity index (χ4v) is 2.37. The molecular weight excluding hydrogens is 270 g/mol. The Labute approximate surface area is 120 Å². The van der Waals surface area contributed by atoms with Crippen molar-refractivity contribution in [2.45, 2.75) is 20.0 Å². The quantitative estimate of drug-likeness (QED) is 0.744. The number of rotatable bonds is 2. The van der Waals surface area contributed by atoms with E-state index in [1.165, 1.54) is 4.57 Å². The Morgan fingerprint density at radius 3 is 2.57 bits per heavy atom. The van der Waals surface area contributed by atoms with Crippen molar-refractivity contribution in [3.63, 3.8) is 0 Å². The molecule has 1 aromatic carbocycles. The van der Waals surface area contributed by atoms with Crippen LogP contribution >= 0.6 is 0 Å². The maximum atomic E-state index is 12.0. The van der Waals surface area contributed by atoms with Gasteiger partial charge < -0.3 is 4.90 Å². The predicted molar refractivity (Wildman–Crippen MR) is 76.6 cm³/mol. The highest BCUT2D eigenvalue weighted by molar-refractivity contribution is 5.59. The molecule has 0 bridgehead atoms. The minimum atomic E-state index is -0.758. The maximum Gasteiger partial charge on any atom is 0.333 e. The topological polar surface area (TPSA) is 83.9 Å². The van der Waals surface area contributed by atoms with E-state index in [-0.39, 0.29) is 6.54 Å². The molecule has 0 spiro atoms. The molecule has 21 heavy (non-hydrogen) atoms.